The van der Waals surface area contributed by atoms with Gasteiger partial charge in [0.2, 0.25) is 0 Å². The van der Waals surface area contributed by atoms with Crippen molar-refractivity contribution in [2.24, 2.45) is 5.41 Å². The number of anilines is 2. The van der Waals surface area contributed by atoms with Crippen molar-refractivity contribution < 1.29 is 9.90 Å². The second-order valence-electron chi connectivity index (χ2n) is 6.32. The molecule has 4 heteroatoms. The SMILES string of the molecule is CCCCC(CC)(CSc1ccccc1Nc1ccccc1)C(=O)O. The number of carboxylic acid groups (broad SMARTS) is 1. The summed E-state index contributed by atoms with van der Waals surface area (Å²) in [5.74, 6) is -0.0868. The maximum atomic E-state index is 11.9. The number of unbranched alkanes of at least 4 members (excludes halogenated alkanes) is 1. The highest BCUT2D eigenvalue weighted by Crippen LogP contribution is 2.38. The van der Waals surface area contributed by atoms with Gasteiger partial charge in [0.05, 0.1) is 11.1 Å². The second-order valence-corrected chi connectivity index (χ2v) is 7.34. The lowest BCUT2D eigenvalue weighted by Crippen LogP contribution is -2.33. The Hall–Kier alpha value is -1.94. The Balaban J connectivity index is 2.15. The zero-order valence-electron chi connectivity index (χ0n) is 15.0. The maximum Gasteiger partial charge on any atom is 0.310 e. The Labute approximate surface area is 154 Å². The maximum absolute atomic E-state index is 11.9. The van der Waals surface area contributed by atoms with Gasteiger partial charge < -0.3 is 10.4 Å². The lowest BCUT2D eigenvalue weighted by atomic mass is 9.82. The topological polar surface area (TPSA) is 49.3 Å². The van der Waals surface area contributed by atoms with E-state index in [1.165, 1.54) is 0 Å². The standard InChI is InChI=1S/C21H27NO2S/c1-3-5-15-21(4-2,20(23)24)16-25-19-14-10-9-13-18(19)22-17-11-7-6-8-12-17/h6-14,22H,3-5,15-16H2,1-2H3,(H,23,24). The summed E-state index contributed by atoms with van der Waals surface area (Å²) in [6.07, 6.45) is 3.36. The summed E-state index contributed by atoms with van der Waals surface area (Å²) in [7, 11) is 0. The van der Waals surface area contributed by atoms with E-state index in [-0.39, 0.29) is 0 Å². The van der Waals surface area contributed by atoms with Gasteiger partial charge in [0.1, 0.15) is 0 Å². The monoisotopic (exact) mass is 357 g/mol. The van der Waals surface area contributed by atoms with Crippen LogP contribution in [0.25, 0.3) is 0 Å². The van der Waals surface area contributed by atoms with Crippen molar-refractivity contribution in [2.75, 3.05) is 11.1 Å². The molecule has 0 bridgehead atoms. The molecule has 0 aliphatic rings. The third kappa shape index (κ3) is 5.27. The Morgan fingerprint density at radius 1 is 1.08 bits per heavy atom. The molecule has 2 rings (SSSR count). The summed E-state index contributed by atoms with van der Waals surface area (Å²) in [6.45, 7) is 4.09. The number of para-hydroxylation sites is 2. The minimum absolute atomic E-state index is 0.590. The third-order valence-electron chi connectivity index (χ3n) is 4.58. The summed E-state index contributed by atoms with van der Waals surface area (Å²) >= 11 is 1.63. The molecule has 0 aliphatic heterocycles. The van der Waals surface area contributed by atoms with Crippen LogP contribution in [0.1, 0.15) is 39.5 Å². The number of thioether (sulfide) groups is 1. The number of nitrogens with one attached hydrogen (secondary N) is 1. The molecular formula is C21H27NO2S. The third-order valence-corrected chi connectivity index (χ3v) is 5.95. The van der Waals surface area contributed by atoms with Gasteiger partial charge in [-0.15, -0.1) is 11.8 Å². The fourth-order valence-electron chi connectivity index (χ4n) is 2.77. The van der Waals surface area contributed by atoms with Crippen molar-refractivity contribution >= 4 is 29.1 Å². The van der Waals surface area contributed by atoms with Crippen LogP contribution in [0.4, 0.5) is 11.4 Å². The molecule has 3 nitrogen and oxygen atoms in total. The molecule has 0 fully saturated rings. The Kier molecular flexibility index (Phi) is 7.38. The van der Waals surface area contributed by atoms with E-state index < -0.39 is 11.4 Å². The molecule has 2 aromatic carbocycles. The van der Waals surface area contributed by atoms with Crippen LogP contribution in [0, 0.1) is 5.41 Å². The molecule has 134 valence electrons. The molecular weight excluding hydrogens is 330 g/mol. The van der Waals surface area contributed by atoms with E-state index in [0.29, 0.717) is 12.2 Å². The normalized spacial score (nSPS) is 13.2. The van der Waals surface area contributed by atoms with Gasteiger partial charge in [0.15, 0.2) is 0 Å². The van der Waals surface area contributed by atoms with E-state index in [9.17, 15) is 9.90 Å². The van der Waals surface area contributed by atoms with Crippen LogP contribution >= 0.6 is 11.8 Å². The Morgan fingerprint density at radius 3 is 2.40 bits per heavy atom. The summed E-state index contributed by atoms with van der Waals surface area (Å²) < 4.78 is 0. The minimum atomic E-state index is -0.676. The van der Waals surface area contributed by atoms with E-state index in [0.717, 1.165) is 35.5 Å². The first-order chi connectivity index (χ1) is 12.1. The first-order valence-corrected chi connectivity index (χ1v) is 9.87. The lowest BCUT2D eigenvalue weighted by Gasteiger charge is -2.28. The van der Waals surface area contributed by atoms with Gasteiger partial charge in [-0.3, -0.25) is 4.79 Å². The fraction of sp³-hybridized carbons (Fsp3) is 0.381. The van der Waals surface area contributed by atoms with Crippen molar-refractivity contribution in [3.63, 3.8) is 0 Å². The van der Waals surface area contributed by atoms with E-state index in [1.54, 1.807) is 11.8 Å². The highest BCUT2D eigenvalue weighted by Gasteiger charge is 2.36. The van der Waals surface area contributed by atoms with Crippen LogP contribution in [0.3, 0.4) is 0 Å². The van der Waals surface area contributed by atoms with Crippen LogP contribution in [-0.2, 0) is 4.79 Å². The van der Waals surface area contributed by atoms with Crippen LogP contribution in [0.5, 0.6) is 0 Å². The van der Waals surface area contributed by atoms with Crippen LogP contribution in [0.2, 0.25) is 0 Å². The van der Waals surface area contributed by atoms with Gasteiger partial charge in [0.25, 0.3) is 0 Å². The molecule has 0 heterocycles. The number of carbonyl (C=O) groups is 1. The molecule has 0 radical (unpaired) electrons. The number of rotatable bonds is 10. The predicted molar refractivity (Wildman–Crippen MR) is 107 cm³/mol. The van der Waals surface area contributed by atoms with Crippen molar-refractivity contribution in [1.82, 2.24) is 0 Å². The number of benzene rings is 2. The number of aliphatic carboxylic acids is 1. The number of carboxylic acids is 1. The van der Waals surface area contributed by atoms with Gasteiger partial charge in [-0.05, 0) is 37.1 Å². The molecule has 0 aliphatic carbocycles. The molecule has 0 aromatic heterocycles. The quantitative estimate of drug-likeness (QED) is 0.497. The molecule has 0 amide bonds. The van der Waals surface area contributed by atoms with Crippen LogP contribution < -0.4 is 5.32 Å². The van der Waals surface area contributed by atoms with Gasteiger partial charge in [-0.2, -0.15) is 0 Å². The molecule has 0 spiro atoms. The summed E-state index contributed by atoms with van der Waals surface area (Å²) in [5, 5.41) is 13.2. The number of hydrogen-bond donors (Lipinski definition) is 2. The first kappa shape index (κ1) is 19.4. The molecule has 1 unspecified atom stereocenters. The van der Waals surface area contributed by atoms with Crippen molar-refractivity contribution in [2.45, 2.75) is 44.4 Å². The zero-order chi connectivity index (χ0) is 18.1. The number of hydrogen-bond acceptors (Lipinski definition) is 3. The van der Waals surface area contributed by atoms with Gasteiger partial charge in [-0.25, -0.2) is 0 Å². The summed E-state index contributed by atoms with van der Waals surface area (Å²) in [4.78, 5) is 13.0. The van der Waals surface area contributed by atoms with Crippen LogP contribution in [0.15, 0.2) is 59.5 Å². The van der Waals surface area contributed by atoms with Crippen molar-refractivity contribution in [1.29, 1.82) is 0 Å². The minimum Gasteiger partial charge on any atom is -0.481 e. The zero-order valence-corrected chi connectivity index (χ0v) is 15.8. The average molecular weight is 358 g/mol. The van der Waals surface area contributed by atoms with Crippen molar-refractivity contribution in [3.8, 4) is 0 Å². The molecule has 0 saturated carbocycles. The Bertz CT molecular complexity index is 675. The smallest absolute Gasteiger partial charge is 0.310 e. The van der Waals surface area contributed by atoms with Gasteiger partial charge >= 0.3 is 5.97 Å². The largest absolute Gasteiger partial charge is 0.481 e. The van der Waals surface area contributed by atoms with Crippen LogP contribution in [-0.4, -0.2) is 16.8 Å². The molecule has 25 heavy (non-hydrogen) atoms. The highest BCUT2D eigenvalue weighted by molar-refractivity contribution is 7.99. The Morgan fingerprint density at radius 2 is 1.76 bits per heavy atom. The van der Waals surface area contributed by atoms with E-state index in [4.69, 9.17) is 0 Å². The first-order valence-electron chi connectivity index (χ1n) is 8.88. The average Bonchev–Trinajstić information content (AvgIpc) is 2.64. The van der Waals surface area contributed by atoms with Gasteiger partial charge in [0, 0.05) is 16.3 Å². The summed E-state index contributed by atoms with van der Waals surface area (Å²) in [5.41, 5.74) is 1.40. The van der Waals surface area contributed by atoms with E-state index in [1.807, 2.05) is 55.5 Å². The predicted octanol–water partition coefficient (Wildman–Crippen LogP) is 6.19. The molecule has 2 aromatic rings. The highest BCUT2D eigenvalue weighted by atomic mass is 32.2. The summed E-state index contributed by atoms with van der Waals surface area (Å²) in [6, 6.07) is 18.1. The fourth-order valence-corrected chi connectivity index (χ4v) is 4.13. The van der Waals surface area contributed by atoms with E-state index in [2.05, 4.69) is 18.3 Å². The van der Waals surface area contributed by atoms with Gasteiger partial charge in [-0.1, -0.05) is 57.0 Å². The second kappa shape index (κ2) is 9.52. The van der Waals surface area contributed by atoms with Crippen molar-refractivity contribution in [3.05, 3.63) is 54.6 Å². The van der Waals surface area contributed by atoms with E-state index >= 15 is 0 Å². The molecule has 0 saturated heterocycles. The molecule has 2 N–H and O–H groups in total. The molecule has 1 atom stereocenters. The lowest BCUT2D eigenvalue weighted by molar-refractivity contribution is -0.148.